The van der Waals surface area contributed by atoms with Crippen LogP contribution < -0.4 is 10.6 Å². The first-order valence-electron chi connectivity index (χ1n) is 9.26. The maximum atomic E-state index is 12.8. The molecule has 1 fully saturated rings. The quantitative estimate of drug-likeness (QED) is 0.732. The lowest BCUT2D eigenvalue weighted by Crippen LogP contribution is -2.32. The van der Waals surface area contributed by atoms with Crippen LogP contribution in [0.2, 0.25) is 0 Å². The van der Waals surface area contributed by atoms with Crippen molar-refractivity contribution in [3.05, 3.63) is 71.6 Å². The molecule has 1 aliphatic heterocycles. The lowest BCUT2D eigenvalue weighted by molar-refractivity contribution is -0.116. The molecule has 28 heavy (non-hydrogen) atoms. The summed E-state index contributed by atoms with van der Waals surface area (Å²) in [5, 5.41) is 14.1. The summed E-state index contributed by atoms with van der Waals surface area (Å²) in [6.45, 7) is 2.09. The highest BCUT2D eigenvalue weighted by molar-refractivity contribution is 6.19. The van der Waals surface area contributed by atoms with E-state index in [1.165, 1.54) is 0 Å². The first kappa shape index (κ1) is 16.7. The predicted octanol–water partition coefficient (Wildman–Crippen LogP) is 3.35. The summed E-state index contributed by atoms with van der Waals surface area (Å²) in [5.74, 6) is 0.315. The van der Waals surface area contributed by atoms with Gasteiger partial charge in [-0.25, -0.2) is 4.99 Å². The van der Waals surface area contributed by atoms with Crippen molar-refractivity contribution >= 4 is 23.3 Å². The van der Waals surface area contributed by atoms with Crippen molar-refractivity contribution < 1.29 is 9.21 Å². The summed E-state index contributed by atoms with van der Waals surface area (Å²) in [6.07, 6.45) is 1.18. The molecule has 2 N–H and O–H groups in total. The fraction of sp³-hybridized carbons (Fsp3) is 0.238. The lowest BCUT2D eigenvalue weighted by atomic mass is 10.0. The van der Waals surface area contributed by atoms with E-state index in [4.69, 9.17) is 9.41 Å². The number of rotatable bonds is 4. The fourth-order valence-corrected chi connectivity index (χ4v) is 3.22. The van der Waals surface area contributed by atoms with E-state index in [-0.39, 0.29) is 17.3 Å². The molecule has 0 spiro atoms. The normalized spacial score (nSPS) is 19.8. The maximum Gasteiger partial charge on any atom is 0.317 e. The average molecular weight is 373 g/mol. The number of aromatic nitrogens is 2. The number of fused-ring (bicyclic) bond motifs is 1. The predicted molar refractivity (Wildman–Crippen MR) is 105 cm³/mol. The largest absolute Gasteiger partial charge is 0.407 e. The maximum absolute atomic E-state index is 12.8. The molecule has 7 heteroatoms. The number of para-hydroxylation sites is 1. The molecule has 2 aromatic carbocycles. The summed E-state index contributed by atoms with van der Waals surface area (Å²) in [5.41, 5.74) is 3.20. The Labute approximate surface area is 161 Å². The molecule has 2 aliphatic rings. The zero-order valence-electron chi connectivity index (χ0n) is 15.3. The standard InChI is InChI=1S/C21H19N5O2/c1-21(11-12-21)19-25-26-20(28-19)24-17-18(27)22-15-10-6-5-9-14(15)16(23-17)13-7-3-2-4-8-13/h2-10,17H,11-12H2,1H3,(H,22,27)(H,24,26)/t17-/m1/s1. The Hall–Kier alpha value is -3.48. The van der Waals surface area contributed by atoms with Gasteiger partial charge in [0, 0.05) is 16.5 Å². The Morgan fingerprint density at radius 1 is 1.07 bits per heavy atom. The molecule has 0 bridgehead atoms. The van der Waals surface area contributed by atoms with Crippen molar-refractivity contribution in [3.63, 3.8) is 0 Å². The SMILES string of the molecule is CC1(c2nnc(N[C@H]3N=C(c4ccccc4)c4ccccc4NC3=O)o2)CC1. The Kier molecular flexibility index (Phi) is 3.75. The van der Waals surface area contributed by atoms with Crippen molar-refractivity contribution in [3.8, 4) is 0 Å². The van der Waals surface area contributed by atoms with E-state index in [2.05, 4.69) is 27.8 Å². The zero-order chi connectivity index (χ0) is 19.1. The summed E-state index contributed by atoms with van der Waals surface area (Å²) < 4.78 is 5.74. The van der Waals surface area contributed by atoms with Gasteiger partial charge in [0.15, 0.2) is 0 Å². The van der Waals surface area contributed by atoms with Gasteiger partial charge in [-0.3, -0.25) is 4.79 Å². The Morgan fingerprint density at radius 2 is 1.82 bits per heavy atom. The summed E-state index contributed by atoms with van der Waals surface area (Å²) in [4.78, 5) is 17.5. The summed E-state index contributed by atoms with van der Waals surface area (Å²) >= 11 is 0. The highest BCUT2D eigenvalue weighted by atomic mass is 16.4. The van der Waals surface area contributed by atoms with Crippen LogP contribution in [0.3, 0.4) is 0 Å². The van der Waals surface area contributed by atoms with Gasteiger partial charge in [-0.1, -0.05) is 60.6 Å². The van der Waals surface area contributed by atoms with Gasteiger partial charge in [0.25, 0.3) is 5.91 Å². The highest BCUT2D eigenvalue weighted by Crippen LogP contribution is 2.47. The first-order valence-corrected chi connectivity index (χ1v) is 9.26. The summed E-state index contributed by atoms with van der Waals surface area (Å²) in [7, 11) is 0. The minimum atomic E-state index is -0.886. The van der Waals surface area contributed by atoms with Gasteiger partial charge in [0.1, 0.15) is 0 Å². The summed E-state index contributed by atoms with van der Waals surface area (Å²) in [6, 6.07) is 17.6. The molecular formula is C21H19N5O2. The van der Waals surface area contributed by atoms with Gasteiger partial charge in [-0.05, 0) is 18.9 Å². The fourth-order valence-electron chi connectivity index (χ4n) is 3.22. The van der Waals surface area contributed by atoms with Crippen molar-refractivity contribution in [2.45, 2.75) is 31.3 Å². The molecule has 7 nitrogen and oxygen atoms in total. The van der Waals surface area contributed by atoms with E-state index in [1.54, 1.807) is 0 Å². The number of hydrogen-bond donors (Lipinski definition) is 2. The second-order valence-electron chi connectivity index (χ2n) is 7.40. The number of hydrogen-bond acceptors (Lipinski definition) is 6. The van der Waals surface area contributed by atoms with Gasteiger partial charge in [-0.2, -0.15) is 0 Å². The number of amides is 1. The molecule has 2 heterocycles. The minimum absolute atomic E-state index is 0.0344. The van der Waals surface area contributed by atoms with Crippen LogP contribution >= 0.6 is 0 Å². The van der Waals surface area contributed by atoms with Crippen LogP contribution in [0.1, 0.15) is 36.8 Å². The van der Waals surface area contributed by atoms with Crippen LogP contribution in [-0.2, 0) is 10.2 Å². The number of benzodiazepines with no additional fused rings is 1. The Balaban J connectivity index is 1.53. The van der Waals surface area contributed by atoms with Crippen LogP contribution in [0.25, 0.3) is 0 Å². The zero-order valence-corrected chi connectivity index (χ0v) is 15.3. The van der Waals surface area contributed by atoms with Crippen LogP contribution in [0.4, 0.5) is 11.7 Å². The number of carbonyl (C=O) groups is 1. The number of aliphatic imine (C=N–C) groups is 1. The van der Waals surface area contributed by atoms with Gasteiger partial charge in [0.05, 0.1) is 11.4 Å². The Bertz CT molecular complexity index is 1070. The molecule has 1 aliphatic carbocycles. The van der Waals surface area contributed by atoms with Crippen molar-refractivity contribution in [1.82, 2.24) is 10.2 Å². The van der Waals surface area contributed by atoms with Crippen LogP contribution in [0.5, 0.6) is 0 Å². The number of benzene rings is 2. The van der Waals surface area contributed by atoms with E-state index < -0.39 is 6.17 Å². The van der Waals surface area contributed by atoms with E-state index in [1.807, 2.05) is 54.6 Å². The number of anilines is 2. The smallest absolute Gasteiger partial charge is 0.317 e. The monoisotopic (exact) mass is 373 g/mol. The second-order valence-corrected chi connectivity index (χ2v) is 7.40. The minimum Gasteiger partial charge on any atom is -0.407 e. The molecule has 0 saturated heterocycles. The Morgan fingerprint density at radius 3 is 2.61 bits per heavy atom. The topological polar surface area (TPSA) is 92.4 Å². The second kappa shape index (κ2) is 6.30. The molecular weight excluding hydrogens is 354 g/mol. The molecule has 0 unspecified atom stereocenters. The van der Waals surface area contributed by atoms with Gasteiger partial charge in [0.2, 0.25) is 12.1 Å². The van der Waals surface area contributed by atoms with Gasteiger partial charge < -0.3 is 15.1 Å². The molecule has 1 amide bonds. The molecule has 1 aromatic heterocycles. The third-order valence-corrected chi connectivity index (χ3v) is 5.20. The van der Waals surface area contributed by atoms with Crippen LogP contribution in [0.15, 0.2) is 64.0 Å². The molecule has 5 rings (SSSR count). The lowest BCUT2D eigenvalue weighted by Gasteiger charge is -2.11. The molecule has 3 aromatic rings. The number of nitrogens with one attached hydrogen (secondary N) is 2. The van der Waals surface area contributed by atoms with Gasteiger partial charge in [-0.15, -0.1) is 5.10 Å². The molecule has 1 saturated carbocycles. The van der Waals surface area contributed by atoms with Crippen molar-refractivity contribution in [1.29, 1.82) is 0 Å². The molecule has 1 atom stereocenters. The van der Waals surface area contributed by atoms with E-state index in [9.17, 15) is 4.79 Å². The van der Waals surface area contributed by atoms with E-state index in [0.29, 0.717) is 5.89 Å². The molecule has 0 radical (unpaired) electrons. The van der Waals surface area contributed by atoms with Crippen LogP contribution in [-0.4, -0.2) is 28.0 Å². The van der Waals surface area contributed by atoms with Crippen molar-refractivity contribution in [2.75, 3.05) is 10.6 Å². The number of carbonyl (C=O) groups excluding carboxylic acids is 1. The number of nitrogens with zero attached hydrogens (tertiary/aromatic N) is 3. The third kappa shape index (κ3) is 2.94. The van der Waals surface area contributed by atoms with E-state index >= 15 is 0 Å². The van der Waals surface area contributed by atoms with Crippen molar-refractivity contribution in [2.24, 2.45) is 4.99 Å². The first-order chi connectivity index (χ1) is 13.6. The highest BCUT2D eigenvalue weighted by Gasteiger charge is 2.44. The average Bonchev–Trinajstić information content (AvgIpc) is 3.32. The third-order valence-electron chi connectivity index (χ3n) is 5.20. The van der Waals surface area contributed by atoms with Gasteiger partial charge >= 0.3 is 6.01 Å². The van der Waals surface area contributed by atoms with Crippen LogP contribution in [0, 0.1) is 0 Å². The molecule has 140 valence electrons. The van der Waals surface area contributed by atoms with E-state index in [0.717, 1.165) is 35.4 Å².